The molecule has 0 N–H and O–H groups in total. The van der Waals surface area contributed by atoms with Crippen LogP contribution in [0, 0.1) is 5.41 Å². The first kappa shape index (κ1) is 16.7. The largest absolute Gasteiger partial charge is 0.465 e. The van der Waals surface area contributed by atoms with E-state index in [9.17, 15) is 9.59 Å². The Morgan fingerprint density at radius 2 is 1.70 bits per heavy atom. The molecule has 1 aliphatic heterocycles. The highest BCUT2D eigenvalue weighted by atomic mass is 16.6. The van der Waals surface area contributed by atoms with Crippen LogP contribution in [-0.4, -0.2) is 37.9 Å². The van der Waals surface area contributed by atoms with E-state index in [4.69, 9.17) is 14.2 Å². The number of allylic oxidation sites excluding steroid dienone is 2. The molecule has 5 heteroatoms. The van der Waals surface area contributed by atoms with Crippen molar-refractivity contribution in [3.8, 4) is 0 Å². The second kappa shape index (κ2) is 7.43. The number of carbonyl (C=O) groups excluding carboxylic acids is 2. The molecular weight excluding hydrogens is 260 g/mol. The minimum absolute atomic E-state index is 0.0608. The molecule has 0 spiro atoms. The first-order valence-electron chi connectivity index (χ1n) is 7.05. The number of epoxide rings is 1. The molecule has 1 saturated heterocycles. The number of hydrogen-bond acceptors (Lipinski definition) is 5. The van der Waals surface area contributed by atoms with Gasteiger partial charge in [0.05, 0.1) is 25.9 Å². The van der Waals surface area contributed by atoms with Gasteiger partial charge in [0.15, 0.2) is 5.41 Å². The lowest BCUT2D eigenvalue weighted by Crippen LogP contribution is -2.43. The molecule has 0 aromatic rings. The van der Waals surface area contributed by atoms with Gasteiger partial charge in [-0.3, -0.25) is 9.59 Å². The molecule has 5 nitrogen and oxygen atoms in total. The van der Waals surface area contributed by atoms with Crippen LogP contribution < -0.4 is 0 Å². The fourth-order valence-electron chi connectivity index (χ4n) is 1.99. The van der Waals surface area contributed by atoms with Gasteiger partial charge in [0.2, 0.25) is 0 Å². The normalized spacial score (nSPS) is 17.3. The Morgan fingerprint density at radius 3 is 2.05 bits per heavy atom. The Hall–Kier alpha value is -1.36. The standard InChI is InChI=1S/C15H24O5/c1-5-18-13(16)15(8-7-11(3)4,9-12-10-20-12)14(17)19-6-2/h7,12H,5-6,8-10H2,1-4H3. The fourth-order valence-corrected chi connectivity index (χ4v) is 1.99. The van der Waals surface area contributed by atoms with Gasteiger partial charge in [-0.2, -0.15) is 0 Å². The molecule has 1 aliphatic rings. The SMILES string of the molecule is CCOC(=O)C(CC=C(C)C)(CC1CO1)C(=O)OCC. The summed E-state index contributed by atoms with van der Waals surface area (Å²) in [6.07, 6.45) is 2.41. The molecule has 0 aliphatic carbocycles. The molecule has 0 aromatic carbocycles. The topological polar surface area (TPSA) is 65.1 Å². The number of ether oxygens (including phenoxy) is 3. The van der Waals surface area contributed by atoms with Gasteiger partial charge in [-0.15, -0.1) is 0 Å². The third-order valence-electron chi connectivity index (χ3n) is 3.17. The van der Waals surface area contributed by atoms with Gasteiger partial charge in [-0.25, -0.2) is 0 Å². The highest BCUT2D eigenvalue weighted by Gasteiger charge is 2.51. The van der Waals surface area contributed by atoms with Crippen molar-refractivity contribution < 1.29 is 23.8 Å². The fraction of sp³-hybridized carbons (Fsp3) is 0.733. The third kappa shape index (κ3) is 4.34. The van der Waals surface area contributed by atoms with Gasteiger partial charge in [0.1, 0.15) is 0 Å². The molecule has 0 amide bonds. The number of esters is 2. The van der Waals surface area contributed by atoms with E-state index >= 15 is 0 Å². The van der Waals surface area contributed by atoms with Crippen molar-refractivity contribution >= 4 is 11.9 Å². The maximum absolute atomic E-state index is 12.3. The third-order valence-corrected chi connectivity index (χ3v) is 3.17. The van der Waals surface area contributed by atoms with E-state index < -0.39 is 17.4 Å². The van der Waals surface area contributed by atoms with Crippen molar-refractivity contribution in [2.24, 2.45) is 5.41 Å². The molecule has 1 rings (SSSR count). The predicted molar refractivity (Wildman–Crippen MR) is 74.1 cm³/mol. The Morgan fingerprint density at radius 1 is 1.20 bits per heavy atom. The minimum atomic E-state index is -1.29. The van der Waals surface area contributed by atoms with Crippen LogP contribution in [0.1, 0.15) is 40.5 Å². The molecule has 20 heavy (non-hydrogen) atoms. The summed E-state index contributed by atoms with van der Waals surface area (Å²) in [5.41, 5.74) is -0.246. The molecule has 1 heterocycles. The molecule has 1 atom stereocenters. The summed E-state index contributed by atoms with van der Waals surface area (Å²) >= 11 is 0. The van der Waals surface area contributed by atoms with Crippen LogP contribution in [0.25, 0.3) is 0 Å². The summed E-state index contributed by atoms with van der Waals surface area (Å²) in [7, 11) is 0. The molecule has 0 aromatic heterocycles. The van der Waals surface area contributed by atoms with Crippen LogP contribution in [0.4, 0.5) is 0 Å². The van der Waals surface area contributed by atoms with E-state index in [2.05, 4.69) is 0 Å². The second-order valence-electron chi connectivity index (χ2n) is 5.17. The van der Waals surface area contributed by atoms with Crippen LogP contribution in [0.5, 0.6) is 0 Å². The Labute approximate surface area is 120 Å². The summed E-state index contributed by atoms with van der Waals surface area (Å²) in [5.74, 6) is -1.04. The summed E-state index contributed by atoms with van der Waals surface area (Å²) in [6, 6.07) is 0. The van der Waals surface area contributed by atoms with Crippen LogP contribution in [-0.2, 0) is 23.8 Å². The monoisotopic (exact) mass is 284 g/mol. The van der Waals surface area contributed by atoms with Gasteiger partial charge in [-0.1, -0.05) is 11.6 Å². The lowest BCUT2D eigenvalue weighted by atomic mass is 9.79. The van der Waals surface area contributed by atoms with E-state index in [1.165, 1.54) is 0 Å². The lowest BCUT2D eigenvalue weighted by Gasteiger charge is -2.27. The van der Waals surface area contributed by atoms with Crippen molar-refractivity contribution in [2.45, 2.75) is 46.6 Å². The molecule has 0 bridgehead atoms. The summed E-state index contributed by atoms with van der Waals surface area (Å²) < 4.78 is 15.4. The summed E-state index contributed by atoms with van der Waals surface area (Å²) in [5, 5.41) is 0. The Kier molecular flexibility index (Phi) is 6.20. The first-order chi connectivity index (χ1) is 9.46. The van der Waals surface area contributed by atoms with Crippen LogP contribution in [0.15, 0.2) is 11.6 Å². The zero-order valence-electron chi connectivity index (χ0n) is 12.7. The molecule has 114 valence electrons. The number of hydrogen-bond donors (Lipinski definition) is 0. The van der Waals surface area contributed by atoms with E-state index in [-0.39, 0.29) is 25.7 Å². The Balaban J connectivity index is 3.03. The molecule has 0 radical (unpaired) electrons. The maximum Gasteiger partial charge on any atom is 0.323 e. The maximum atomic E-state index is 12.3. The van der Waals surface area contributed by atoms with E-state index in [0.29, 0.717) is 13.0 Å². The Bertz CT molecular complexity index is 360. The lowest BCUT2D eigenvalue weighted by molar-refractivity contribution is -0.173. The molecule has 1 unspecified atom stereocenters. The van der Waals surface area contributed by atoms with Gasteiger partial charge >= 0.3 is 11.9 Å². The smallest absolute Gasteiger partial charge is 0.323 e. The van der Waals surface area contributed by atoms with Gasteiger partial charge < -0.3 is 14.2 Å². The molecule has 0 saturated carbocycles. The second-order valence-corrected chi connectivity index (χ2v) is 5.17. The van der Waals surface area contributed by atoms with E-state index in [0.717, 1.165) is 5.57 Å². The van der Waals surface area contributed by atoms with Crippen molar-refractivity contribution in [1.29, 1.82) is 0 Å². The predicted octanol–water partition coefficient (Wildman–Crippen LogP) is 2.24. The van der Waals surface area contributed by atoms with E-state index in [1.807, 2.05) is 19.9 Å². The highest BCUT2D eigenvalue weighted by molar-refractivity contribution is 6.00. The highest BCUT2D eigenvalue weighted by Crippen LogP contribution is 2.37. The molecule has 1 fully saturated rings. The summed E-state index contributed by atoms with van der Waals surface area (Å²) in [6.45, 7) is 8.35. The van der Waals surface area contributed by atoms with Gasteiger partial charge in [-0.05, 0) is 34.1 Å². The summed E-state index contributed by atoms with van der Waals surface area (Å²) in [4.78, 5) is 24.7. The van der Waals surface area contributed by atoms with Crippen molar-refractivity contribution in [3.63, 3.8) is 0 Å². The van der Waals surface area contributed by atoms with Gasteiger partial charge in [0.25, 0.3) is 0 Å². The number of rotatable bonds is 8. The zero-order valence-corrected chi connectivity index (χ0v) is 12.7. The quantitative estimate of drug-likeness (QED) is 0.296. The van der Waals surface area contributed by atoms with Crippen molar-refractivity contribution in [3.05, 3.63) is 11.6 Å². The van der Waals surface area contributed by atoms with Crippen LogP contribution >= 0.6 is 0 Å². The number of carbonyl (C=O) groups is 2. The van der Waals surface area contributed by atoms with Crippen molar-refractivity contribution in [2.75, 3.05) is 19.8 Å². The minimum Gasteiger partial charge on any atom is -0.465 e. The van der Waals surface area contributed by atoms with Crippen molar-refractivity contribution in [1.82, 2.24) is 0 Å². The average molecular weight is 284 g/mol. The van der Waals surface area contributed by atoms with Crippen LogP contribution in [0.2, 0.25) is 0 Å². The molecular formula is C15H24O5. The average Bonchev–Trinajstić information content (AvgIpc) is 3.18. The van der Waals surface area contributed by atoms with E-state index in [1.54, 1.807) is 13.8 Å². The zero-order chi connectivity index (χ0) is 15.2. The first-order valence-corrected chi connectivity index (χ1v) is 7.05. The van der Waals surface area contributed by atoms with Crippen LogP contribution in [0.3, 0.4) is 0 Å². The van der Waals surface area contributed by atoms with Gasteiger partial charge in [0, 0.05) is 6.42 Å².